The zero-order valence-corrected chi connectivity index (χ0v) is 11.2. The van der Waals surface area contributed by atoms with Gasteiger partial charge in [0.15, 0.2) is 0 Å². The monoisotopic (exact) mass is 239 g/mol. The molecule has 98 valence electrons. The minimum atomic E-state index is -0.320. The predicted octanol–water partition coefficient (Wildman–Crippen LogP) is 2.26. The standard InChI is InChI=1S/C14H25NO2/c1-11(16)9-14(2,3)10-15-13(17)12-7-5-4-6-8-12/h4-5,11-12,16H,6-10H2,1-3H3,(H,15,17). The molecular formula is C14H25NO2. The van der Waals surface area contributed by atoms with Crippen LogP contribution in [-0.2, 0) is 4.79 Å². The van der Waals surface area contributed by atoms with Crippen LogP contribution in [0.3, 0.4) is 0 Å². The molecule has 0 fully saturated rings. The van der Waals surface area contributed by atoms with E-state index < -0.39 is 0 Å². The van der Waals surface area contributed by atoms with Gasteiger partial charge in [0.2, 0.25) is 5.91 Å². The van der Waals surface area contributed by atoms with Crippen LogP contribution in [0.1, 0.15) is 46.5 Å². The second kappa shape index (κ2) is 6.20. The Labute approximate surface area is 104 Å². The first-order valence-corrected chi connectivity index (χ1v) is 6.51. The molecular weight excluding hydrogens is 214 g/mol. The molecule has 0 heterocycles. The Hall–Kier alpha value is -0.830. The fourth-order valence-electron chi connectivity index (χ4n) is 2.37. The molecule has 0 aliphatic heterocycles. The zero-order valence-electron chi connectivity index (χ0n) is 11.2. The van der Waals surface area contributed by atoms with E-state index in [9.17, 15) is 9.90 Å². The van der Waals surface area contributed by atoms with Crippen LogP contribution in [0.4, 0.5) is 0 Å². The van der Waals surface area contributed by atoms with E-state index in [2.05, 4.69) is 31.3 Å². The van der Waals surface area contributed by atoms with E-state index in [-0.39, 0.29) is 23.3 Å². The van der Waals surface area contributed by atoms with Gasteiger partial charge < -0.3 is 10.4 Å². The summed E-state index contributed by atoms with van der Waals surface area (Å²) in [6.45, 7) is 6.56. The number of carbonyl (C=O) groups is 1. The number of hydrogen-bond donors (Lipinski definition) is 2. The fourth-order valence-corrected chi connectivity index (χ4v) is 2.37. The molecule has 0 aromatic carbocycles. The third-order valence-electron chi connectivity index (χ3n) is 3.23. The minimum absolute atomic E-state index is 0.0473. The van der Waals surface area contributed by atoms with E-state index in [1.807, 2.05) is 0 Å². The summed E-state index contributed by atoms with van der Waals surface area (Å²) >= 11 is 0. The molecule has 0 bridgehead atoms. The molecule has 2 atom stereocenters. The molecule has 17 heavy (non-hydrogen) atoms. The van der Waals surface area contributed by atoms with Gasteiger partial charge in [-0.05, 0) is 38.0 Å². The molecule has 1 amide bonds. The van der Waals surface area contributed by atoms with Gasteiger partial charge in [0, 0.05) is 12.5 Å². The molecule has 2 N–H and O–H groups in total. The fraction of sp³-hybridized carbons (Fsp3) is 0.786. The Balaban J connectivity index is 2.34. The van der Waals surface area contributed by atoms with Crippen molar-refractivity contribution in [3.8, 4) is 0 Å². The number of amides is 1. The Morgan fingerprint density at radius 1 is 1.53 bits per heavy atom. The average Bonchev–Trinajstić information content (AvgIpc) is 2.25. The molecule has 3 nitrogen and oxygen atoms in total. The van der Waals surface area contributed by atoms with Crippen LogP contribution in [0.25, 0.3) is 0 Å². The van der Waals surface area contributed by atoms with Crippen molar-refractivity contribution in [1.29, 1.82) is 0 Å². The summed E-state index contributed by atoms with van der Waals surface area (Å²) in [6, 6.07) is 0. The quantitative estimate of drug-likeness (QED) is 0.723. The number of allylic oxidation sites excluding steroid dienone is 2. The van der Waals surface area contributed by atoms with Crippen molar-refractivity contribution in [2.75, 3.05) is 6.54 Å². The first-order valence-electron chi connectivity index (χ1n) is 6.51. The smallest absolute Gasteiger partial charge is 0.223 e. The van der Waals surface area contributed by atoms with Gasteiger partial charge in [-0.15, -0.1) is 0 Å². The van der Waals surface area contributed by atoms with E-state index in [1.165, 1.54) is 0 Å². The van der Waals surface area contributed by atoms with Crippen LogP contribution in [-0.4, -0.2) is 23.7 Å². The maximum atomic E-state index is 11.9. The van der Waals surface area contributed by atoms with E-state index in [0.717, 1.165) is 19.3 Å². The van der Waals surface area contributed by atoms with Gasteiger partial charge in [0.25, 0.3) is 0 Å². The van der Waals surface area contributed by atoms with Crippen molar-refractivity contribution < 1.29 is 9.90 Å². The highest BCUT2D eigenvalue weighted by atomic mass is 16.3. The number of nitrogens with one attached hydrogen (secondary N) is 1. The Kier molecular flexibility index (Phi) is 5.19. The largest absolute Gasteiger partial charge is 0.393 e. The van der Waals surface area contributed by atoms with Crippen LogP contribution in [0.2, 0.25) is 0 Å². The predicted molar refractivity (Wildman–Crippen MR) is 69.6 cm³/mol. The molecule has 1 rings (SSSR count). The summed E-state index contributed by atoms with van der Waals surface area (Å²) in [5, 5.41) is 12.4. The average molecular weight is 239 g/mol. The number of hydrogen-bond acceptors (Lipinski definition) is 2. The van der Waals surface area contributed by atoms with Gasteiger partial charge >= 0.3 is 0 Å². The summed E-state index contributed by atoms with van der Waals surface area (Å²) in [5.41, 5.74) is -0.0473. The highest BCUT2D eigenvalue weighted by Gasteiger charge is 2.24. The summed E-state index contributed by atoms with van der Waals surface area (Å²) < 4.78 is 0. The third-order valence-corrected chi connectivity index (χ3v) is 3.23. The molecule has 0 aromatic rings. The van der Waals surface area contributed by atoms with Gasteiger partial charge in [-0.25, -0.2) is 0 Å². The molecule has 2 unspecified atom stereocenters. The SMILES string of the molecule is CC(O)CC(C)(C)CNC(=O)C1CC=CCC1. The van der Waals surface area contributed by atoms with Crippen LogP contribution < -0.4 is 5.32 Å². The lowest BCUT2D eigenvalue weighted by Gasteiger charge is -2.27. The number of aliphatic hydroxyl groups excluding tert-OH is 1. The van der Waals surface area contributed by atoms with Gasteiger partial charge in [0.05, 0.1) is 6.10 Å². The molecule has 1 aliphatic carbocycles. The third kappa shape index (κ3) is 5.35. The lowest BCUT2D eigenvalue weighted by atomic mass is 9.86. The molecule has 0 saturated carbocycles. The molecule has 0 radical (unpaired) electrons. The second-order valence-corrected chi connectivity index (χ2v) is 5.92. The zero-order chi connectivity index (χ0) is 12.9. The topological polar surface area (TPSA) is 49.3 Å². The molecule has 0 aromatic heterocycles. The summed E-state index contributed by atoms with van der Waals surface area (Å²) in [6.07, 6.45) is 7.45. The van der Waals surface area contributed by atoms with Crippen LogP contribution in [0, 0.1) is 11.3 Å². The number of aliphatic hydroxyl groups is 1. The summed E-state index contributed by atoms with van der Waals surface area (Å²) in [7, 11) is 0. The number of rotatable bonds is 5. The lowest BCUT2D eigenvalue weighted by Crippen LogP contribution is -2.39. The van der Waals surface area contributed by atoms with Crippen molar-refractivity contribution >= 4 is 5.91 Å². The second-order valence-electron chi connectivity index (χ2n) is 5.92. The summed E-state index contributed by atoms with van der Waals surface area (Å²) in [4.78, 5) is 11.9. The van der Waals surface area contributed by atoms with E-state index in [0.29, 0.717) is 13.0 Å². The van der Waals surface area contributed by atoms with E-state index in [1.54, 1.807) is 6.92 Å². The van der Waals surface area contributed by atoms with Crippen LogP contribution in [0.15, 0.2) is 12.2 Å². The van der Waals surface area contributed by atoms with Crippen LogP contribution >= 0.6 is 0 Å². The number of carbonyl (C=O) groups excluding carboxylic acids is 1. The van der Waals surface area contributed by atoms with Crippen molar-refractivity contribution in [1.82, 2.24) is 5.32 Å². The molecule has 1 aliphatic rings. The molecule has 0 spiro atoms. The van der Waals surface area contributed by atoms with Crippen molar-refractivity contribution in [2.24, 2.45) is 11.3 Å². The van der Waals surface area contributed by atoms with E-state index in [4.69, 9.17) is 0 Å². The normalized spacial score (nSPS) is 22.2. The molecule has 3 heteroatoms. The maximum absolute atomic E-state index is 11.9. The Morgan fingerprint density at radius 2 is 2.24 bits per heavy atom. The highest BCUT2D eigenvalue weighted by molar-refractivity contribution is 5.79. The van der Waals surface area contributed by atoms with Crippen molar-refractivity contribution in [3.63, 3.8) is 0 Å². The van der Waals surface area contributed by atoms with Gasteiger partial charge in [-0.1, -0.05) is 26.0 Å². The molecule has 0 saturated heterocycles. The Morgan fingerprint density at radius 3 is 2.76 bits per heavy atom. The lowest BCUT2D eigenvalue weighted by molar-refractivity contribution is -0.125. The first kappa shape index (κ1) is 14.2. The van der Waals surface area contributed by atoms with E-state index >= 15 is 0 Å². The maximum Gasteiger partial charge on any atom is 0.223 e. The highest BCUT2D eigenvalue weighted by Crippen LogP contribution is 2.22. The van der Waals surface area contributed by atoms with Gasteiger partial charge in [0.1, 0.15) is 0 Å². The summed E-state index contributed by atoms with van der Waals surface area (Å²) in [5.74, 6) is 0.301. The van der Waals surface area contributed by atoms with Gasteiger partial charge in [-0.3, -0.25) is 4.79 Å². The Bertz CT molecular complexity index is 282. The van der Waals surface area contributed by atoms with Gasteiger partial charge in [-0.2, -0.15) is 0 Å². The van der Waals surface area contributed by atoms with Crippen molar-refractivity contribution in [2.45, 2.75) is 52.6 Å². The first-order chi connectivity index (χ1) is 7.91. The van der Waals surface area contributed by atoms with Crippen LogP contribution in [0.5, 0.6) is 0 Å². The minimum Gasteiger partial charge on any atom is -0.393 e. The van der Waals surface area contributed by atoms with Crippen molar-refractivity contribution in [3.05, 3.63) is 12.2 Å².